The quantitative estimate of drug-likeness (QED) is 0.675. The smallest absolute Gasteiger partial charge is 0.270 e. The number of carbonyl (C=O) groups is 1. The highest BCUT2D eigenvalue weighted by molar-refractivity contribution is 7.80. The molecule has 1 amide bonds. The van der Waals surface area contributed by atoms with Crippen LogP contribution in [-0.2, 0) is 6.54 Å². The third-order valence-corrected chi connectivity index (χ3v) is 3.76. The molecule has 0 fully saturated rings. The maximum atomic E-state index is 12.1. The number of aryl methyl sites for hydroxylation is 1. The fraction of sp³-hybridized carbons (Fsp3) is 0.143. The van der Waals surface area contributed by atoms with Crippen molar-refractivity contribution in [2.75, 3.05) is 0 Å². The van der Waals surface area contributed by atoms with E-state index in [4.69, 9.17) is 18.0 Å². The monoisotopic (exact) mass is 305 g/mol. The van der Waals surface area contributed by atoms with Gasteiger partial charge in [-0.2, -0.15) is 0 Å². The molecule has 1 heterocycles. The van der Waals surface area contributed by atoms with Crippen LogP contribution in [0.4, 0.5) is 0 Å². The SMILES string of the molecule is Cc1cc(C(=O)NN(Cc2ccccc2)C(N)=S)cs1. The standard InChI is InChI=1S/C14H15N3OS2/c1-10-7-12(9-20-10)13(18)16-17(14(15)19)8-11-5-3-2-4-6-11/h2-7,9H,8H2,1H3,(H2,15,19)(H,16,18). The normalized spacial score (nSPS) is 10.1. The number of thiophene rings is 1. The van der Waals surface area contributed by atoms with E-state index in [0.717, 1.165) is 10.4 Å². The van der Waals surface area contributed by atoms with E-state index in [1.54, 1.807) is 0 Å². The molecule has 20 heavy (non-hydrogen) atoms. The summed E-state index contributed by atoms with van der Waals surface area (Å²) in [5, 5.41) is 3.42. The van der Waals surface area contributed by atoms with Crippen LogP contribution < -0.4 is 11.2 Å². The first kappa shape index (κ1) is 14.5. The minimum atomic E-state index is -0.210. The average Bonchev–Trinajstić information content (AvgIpc) is 2.86. The summed E-state index contributed by atoms with van der Waals surface area (Å²) in [7, 11) is 0. The first-order valence-electron chi connectivity index (χ1n) is 6.03. The molecule has 2 aromatic rings. The van der Waals surface area contributed by atoms with Crippen LogP contribution in [0.1, 0.15) is 20.8 Å². The molecule has 0 aliphatic heterocycles. The van der Waals surface area contributed by atoms with Crippen LogP contribution in [0.3, 0.4) is 0 Å². The molecule has 104 valence electrons. The lowest BCUT2D eigenvalue weighted by Gasteiger charge is -2.23. The zero-order valence-corrected chi connectivity index (χ0v) is 12.6. The van der Waals surface area contributed by atoms with Gasteiger partial charge < -0.3 is 5.73 Å². The van der Waals surface area contributed by atoms with Crippen LogP contribution in [-0.4, -0.2) is 16.0 Å². The maximum absolute atomic E-state index is 12.1. The Kier molecular flexibility index (Phi) is 4.70. The number of benzene rings is 1. The van der Waals surface area contributed by atoms with E-state index in [0.29, 0.717) is 12.1 Å². The maximum Gasteiger partial charge on any atom is 0.270 e. The molecule has 0 atom stereocenters. The van der Waals surface area contributed by atoms with Crippen molar-refractivity contribution in [1.82, 2.24) is 10.4 Å². The van der Waals surface area contributed by atoms with E-state index in [9.17, 15) is 4.79 Å². The summed E-state index contributed by atoms with van der Waals surface area (Å²) < 4.78 is 0. The van der Waals surface area contributed by atoms with E-state index in [1.165, 1.54) is 16.3 Å². The zero-order chi connectivity index (χ0) is 14.5. The van der Waals surface area contributed by atoms with Crippen molar-refractivity contribution in [1.29, 1.82) is 0 Å². The fourth-order valence-electron chi connectivity index (χ4n) is 1.69. The molecule has 4 nitrogen and oxygen atoms in total. The van der Waals surface area contributed by atoms with Gasteiger partial charge in [0.05, 0.1) is 12.1 Å². The van der Waals surface area contributed by atoms with Crippen LogP contribution in [0.25, 0.3) is 0 Å². The summed E-state index contributed by atoms with van der Waals surface area (Å²) in [6.07, 6.45) is 0. The Balaban J connectivity index is 2.06. The van der Waals surface area contributed by atoms with Gasteiger partial charge in [-0.15, -0.1) is 11.3 Å². The molecule has 0 radical (unpaired) electrons. The molecule has 0 spiro atoms. The molecule has 0 saturated heterocycles. The highest BCUT2D eigenvalue weighted by Gasteiger charge is 2.13. The number of hydrogen-bond donors (Lipinski definition) is 2. The summed E-state index contributed by atoms with van der Waals surface area (Å²) in [6, 6.07) is 11.5. The molecule has 6 heteroatoms. The highest BCUT2D eigenvalue weighted by Crippen LogP contribution is 2.13. The van der Waals surface area contributed by atoms with Crippen LogP contribution in [0.5, 0.6) is 0 Å². The minimum absolute atomic E-state index is 0.133. The minimum Gasteiger partial charge on any atom is -0.375 e. The van der Waals surface area contributed by atoms with Crippen molar-refractivity contribution in [3.63, 3.8) is 0 Å². The molecule has 3 N–H and O–H groups in total. The number of nitrogens with one attached hydrogen (secondary N) is 1. The number of rotatable bonds is 3. The largest absolute Gasteiger partial charge is 0.375 e. The fourth-order valence-corrected chi connectivity index (χ4v) is 2.48. The molecule has 0 aliphatic rings. The van der Waals surface area contributed by atoms with Gasteiger partial charge in [0.1, 0.15) is 0 Å². The van der Waals surface area contributed by atoms with Crippen LogP contribution in [0, 0.1) is 6.92 Å². The molecule has 0 unspecified atom stereocenters. The van der Waals surface area contributed by atoms with Crippen molar-refractivity contribution < 1.29 is 4.79 Å². The van der Waals surface area contributed by atoms with Gasteiger partial charge in [-0.25, -0.2) is 0 Å². The Bertz CT molecular complexity index is 610. The predicted molar refractivity (Wildman–Crippen MR) is 85.3 cm³/mol. The Labute approximate surface area is 127 Å². The summed E-state index contributed by atoms with van der Waals surface area (Å²) in [5.41, 5.74) is 10.0. The summed E-state index contributed by atoms with van der Waals surface area (Å²) in [5.74, 6) is -0.210. The lowest BCUT2D eigenvalue weighted by atomic mass is 10.2. The molecule has 0 bridgehead atoms. The van der Waals surface area contributed by atoms with E-state index in [1.807, 2.05) is 48.7 Å². The summed E-state index contributed by atoms with van der Waals surface area (Å²) in [4.78, 5) is 13.2. The Morgan fingerprint density at radius 2 is 2.10 bits per heavy atom. The van der Waals surface area contributed by atoms with Crippen LogP contribution >= 0.6 is 23.6 Å². The number of nitrogens with two attached hydrogens (primary N) is 1. The van der Waals surface area contributed by atoms with Crippen LogP contribution in [0.15, 0.2) is 41.8 Å². The van der Waals surface area contributed by atoms with Gasteiger partial charge in [0, 0.05) is 10.3 Å². The number of amides is 1. The van der Waals surface area contributed by atoms with Crippen molar-refractivity contribution in [2.45, 2.75) is 13.5 Å². The molecule has 1 aromatic carbocycles. The topological polar surface area (TPSA) is 58.4 Å². The zero-order valence-electron chi connectivity index (χ0n) is 11.0. The highest BCUT2D eigenvalue weighted by atomic mass is 32.1. The summed E-state index contributed by atoms with van der Waals surface area (Å²) >= 11 is 6.51. The second-order valence-corrected chi connectivity index (χ2v) is 5.83. The Morgan fingerprint density at radius 1 is 1.40 bits per heavy atom. The first-order valence-corrected chi connectivity index (χ1v) is 7.32. The van der Waals surface area contributed by atoms with Crippen molar-refractivity contribution in [3.05, 3.63) is 57.8 Å². The van der Waals surface area contributed by atoms with Gasteiger partial charge in [-0.05, 0) is 30.8 Å². The number of nitrogens with zero attached hydrogens (tertiary/aromatic N) is 1. The van der Waals surface area contributed by atoms with Crippen molar-refractivity contribution in [3.8, 4) is 0 Å². The van der Waals surface area contributed by atoms with Gasteiger partial charge in [-0.3, -0.25) is 15.2 Å². The second-order valence-electron chi connectivity index (χ2n) is 4.30. The van der Waals surface area contributed by atoms with Gasteiger partial charge in [-0.1, -0.05) is 30.3 Å². The molecule has 1 aromatic heterocycles. The van der Waals surface area contributed by atoms with E-state index < -0.39 is 0 Å². The molecule has 0 saturated carbocycles. The third-order valence-electron chi connectivity index (χ3n) is 2.68. The van der Waals surface area contributed by atoms with Gasteiger partial charge in [0.25, 0.3) is 5.91 Å². The van der Waals surface area contributed by atoms with Crippen LogP contribution in [0.2, 0.25) is 0 Å². The van der Waals surface area contributed by atoms with Crippen molar-refractivity contribution >= 4 is 34.6 Å². The first-order chi connectivity index (χ1) is 9.56. The van der Waals surface area contributed by atoms with Gasteiger partial charge in [0.15, 0.2) is 5.11 Å². The molecule has 2 rings (SSSR count). The van der Waals surface area contributed by atoms with Crippen molar-refractivity contribution in [2.24, 2.45) is 5.73 Å². The third kappa shape index (κ3) is 3.79. The Hall–Kier alpha value is -1.92. The van der Waals surface area contributed by atoms with Gasteiger partial charge >= 0.3 is 0 Å². The van der Waals surface area contributed by atoms with Gasteiger partial charge in [0.2, 0.25) is 0 Å². The number of carbonyl (C=O) groups excluding carboxylic acids is 1. The average molecular weight is 305 g/mol. The lowest BCUT2D eigenvalue weighted by Crippen LogP contribution is -2.48. The number of thiocarbonyl (C=S) groups is 1. The predicted octanol–water partition coefficient (Wildman–Crippen LogP) is 2.45. The van der Waals surface area contributed by atoms with E-state index >= 15 is 0 Å². The van der Waals surface area contributed by atoms with E-state index in [2.05, 4.69) is 5.43 Å². The Morgan fingerprint density at radius 3 is 2.65 bits per heavy atom. The molecule has 0 aliphatic carbocycles. The number of hydrogen-bond acceptors (Lipinski definition) is 3. The molecular formula is C14H15N3OS2. The second kappa shape index (κ2) is 6.49. The number of hydrazine groups is 1. The summed E-state index contributed by atoms with van der Waals surface area (Å²) in [6.45, 7) is 2.39. The van der Waals surface area contributed by atoms with E-state index in [-0.39, 0.29) is 11.0 Å². The molecular weight excluding hydrogens is 290 g/mol. The lowest BCUT2D eigenvalue weighted by molar-refractivity contribution is 0.0866.